The van der Waals surface area contributed by atoms with E-state index in [0.717, 1.165) is 12.8 Å². The van der Waals surface area contributed by atoms with E-state index in [2.05, 4.69) is 5.32 Å². The molecular weight excluding hydrogens is 230 g/mol. The molecule has 1 aliphatic carbocycles. The molecule has 0 spiro atoms. The monoisotopic (exact) mass is 255 g/mol. The van der Waals surface area contributed by atoms with E-state index in [0.29, 0.717) is 12.3 Å². The average molecular weight is 255 g/mol. The van der Waals surface area contributed by atoms with Gasteiger partial charge in [-0.05, 0) is 39.5 Å². The van der Waals surface area contributed by atoms with Gasteiger partial charge in [-0.25, -0.2) is 0 Å². The Morgan fingerprint density at radius 2 is 1.78 bits per heavy atom. The van der Waals surface area contributed by atoms with Crippen LogP contribution in [0.3, 0.4) is 0 Å². The molecule has 0 aromatic heterocycles. The molecule has 0 bridgehead atoms. The van der Waals surface area contributed by atoms with Crippen molar-refractivity contribution in [2.75, 3.05) is 6.54 Å². The zero-order chi connectivity index (χ0) is 13.6. The van der Waals surface area contributed by atoms with E-state index in [9.17, 15) is 9.59 Å². The number of hydrogen-bond acceptors (Lipinski definition) is 3. The highest BCUT2D eigenvalue weighted by Gasteiger charge is 2.19. The summed E-state index contributed by atoms with van der Waals surface area (Å²) in [4.78, 5) is 23.1. The number of carbonyl (C=O) groups excluding carboxylic acids is 2. The molecule has 104 valence electrons. The molecule has 18 heavy (non-hydrogen) atoms. The van der Waals surface area contributed by atoms with Crippen molar-refractivity contribution in [2.24, 2.45) is 5.92 Å². The van der Waals surface area contributed by atoms with Crippen molar-refractivity contribution in [1.29, 1.82) is 0 Å². The Hall–Kier alpha value is -1.06. The van der Waals surface area contributed by atoms with Crippen LogP contribution in [0.15, 0.2) is 0 Å². The molecule has 1 saturated carbocycles. The molecule has 1 amide bonds. The molecule has 1 aliphatic rings. The minimum atomic E-state index is -0.495. The Labute approximate surface area is 109 Å². The number of ether oxygens (including phenoxy) is 1. The van der Waals surface area contributed by atoms with Crippen LogP contribution in [0.4, 0.5) is 0 Å². The molecule has 1 fully saturated rings. The minimum absolute atomic E-state index is 0.0250. The number of amides is 1. The van der Waals surface area contributed by atoms with Crippen LogP contribution >= 0.6 is 0 Å². The van der Waals surface area contributed by atoms with Gasteiger partial charge >= 0.3 is 5.97 Å². The van der Waals surface area contributed by atoms with Crippen molar-refractivity contribution in [3.63, 3.8) is 0 Å². The third-order valence-electron chi connectivity index (χ3n) is 3.05. The summed E-state index contributed by atoms with van der Waals surface area (Å²) in [5, 5.41) is 2.64. The van der Waals surface area contributed by atoms with Gasteiger partial charge in [0.15, 0.2) is 0 Å². The Balaban J connectivity index is 2.18. The van der Waals surface area contributed by atoms with Gasteiger partial charge in [-0.15, -0.1) is 0 Å². The lowest BCUT2D eigenvalue weighted by molar-refractivity contribution is -0.154. The van der Waals surface area contributed by atoms with Crippen molar-refractivity contribution >= 4 is 11.9 Å². The first-order valence-corrected chi connectivity index (χ1v) is 6.85. The molecule has 0 atom stereocenters. The van der Waals surface area contributed by atoms with Gasteiger partial charge in [-0.1, -0.05) is 19.3 Å². The predicted octanol–water partition coefficient (Wildman–Crippen LogP) is 2.41. The van der Waals surface area contributed by atoms with Gasteiger partial charge < -0.3 is 10.1 Å². The quantitative estimate of drug-likeness (QED) is 0.785. The molecule has 0 heterocycles. The average Bonchev–Trinajstić information content (AvgIpc) is 2.25. The standard InChI is InChI=1S/C14H25NO3/c1-14(2,3)18-13(17)10-15-12(16)9-11-7-5-4-6-8-11/h11H,4-10H2,1-3H3,(H,15,16). The molecule has 4 nitrogen and oxygen atoms in total. The van der Waals surface area contributed by atoms with Crippen LogP contribution in [-0.4, -0.2) is 24.0 Å². The van der Waals surface area contributed by atoms with E-state index in [-0.39, 0.29) is 18.4 Å². The Kier molecular flexibility index (Phi) is 5.63. The van der Waals surface area contributed by atoms with Crippen LogP contribution in [-0.2, 0) is 14.3 Å². The van der Waals surface area contributed by atoms with Crippen molar-refractivity contribution in [3.05, 3.63) is 0 Å². The highest BCUT2D eigenvalue weighted by Crippen LogP contribution is 2.25. The van der Waals surface area contributed by atoms with Gasteiger partial charge in [0.25, 0.3) is 0 Å². The maximum atomic E-state index is 11.7. The summed E-state index contributed by atoms with van der Waals surface area (Å²) in [6, 6.07) is 0. The smallest absolute Gasteiger partial charge is 0.325 e. The topological polar surface area (TPSA) is 55.4 Å². The van der Waals surface area contributed by atoms with E-state index in [1.165, 1.54) is 19.3 Å². The van der Waals surface area contributed by atoms with E-state index in [4.69, 9.17) is 4.74 Å². The van der Waals surface area contributed by atoms with E-state index in [1.807, 2.05) is 20.8 Å². The maximum Gasteiger partial charge on any atom is 0.325 e. The lowest BCUT2D eigenvalue weighted by atomic mass is 9.87. The summed E-state index contributed by atoms with van der Waals surface area (Å²) in [5.41, 5.74) is -0.495. The number of carbonyl (C=O) groups is 2. The molecule has 0 aromatic rings. The second-order valence-corrected chi connectivity index (χ2v) is 6.07. The normalized spacial score (nSPS) is 17.3. The molecule has 0 aliphatic heterocycles. The van der Waals surface area contributed by atoms with Crippen LogP contribution in [0.2, 0.25) is 0 Å². The van der Waals surface area contributed by atoms with E-state index >= 15 is 0 Å². The van der Waals surface area contributed by atoms with Gasteiger partial charge in [0.2, 0.25) is 5.91 Å². The second-order valence-electron chi connectivity index (χ2n) is 6.07. The summed E-state index contributed by atoms with van der Waals surface area (Å²) in [5.74, 6) is 0.0876. The van der Waals surface area contributed by atoms with Crippen LogP contribution in [0, 0.1) is 5.92 Å². The van der Waals surface area contributed by atoms with Gasteiger partial charge in [0.05, 0.1) is 0 Å². The molecule has 0 saturated heterocycles. The van der Waals surface area contributed by atoms with Crippen molar-refractivity contribution < 1.29 is 14.3 Å². The lowest BCUT2D eigenvalue weighted by Crippen LogP contribution is -2.35. The summed E-state index contributed by atoms with van der Waals surface area (Å²) in [6.07, 6.45) is 6.56. The first-order chi connectivity index (χ1) is 8.37. The van der Waals surface area contributed by atoms with Crippen LogP contribution in [0.25, 0.3) is 0 Å². The van der Waals surface area contributed by atoms with Crippen LogP contribution in [0.5, 0.6) is 0 Å². The second kappa shape index (κ2) is 6.76. The summed E-state index contributed by atoms with van der Waals surface area (Å²) >= 11 is 0. The molecule has 0 radical (unpaired) electrons. The van der Waals surface area contributed by atoms with Gasteiger partial charge in [0.1, 0.15) is 12.1 Å². The Morgan fingerprint density at radius 1 is 1.17 bits per heavy atom. The minimum Gasteiger partial charge on any atom is -0.459 e. The first kappa shape index (κ1) is 15.0. The van der Waals surface area contributed by atoms with Gasteiger partial charge in [-0.3, -0.25) is 9.59 Å². The summed E-state index contributed by atoms with van der Waals surface area (Å²) in [6.45, 7) is 5.42. The largest absolute Gasteiger partial charge is 0.459 e. The third-order valence-corrected chi connectivity index (χ3v) is 3.05. The zero-order valence-electron chi connectivity index (χ0n) is 11.8. The summed E-state index contributed by atoms with van der Waals surface area (Å²) < 4.78 is 5.12. The highest BCUT2D eigenvalue weighted by atomic mass is 16.6. The molecular formula is C14H25NO3. The lowest BCUT2D eigenvalue weighted by Gasteiger charge is -2.21. The van der Waals surface area contributed by atoms with Crippen LogP contribution < -0.4 is 5.32 Å². The fourth-order valence-electron chi connectivity index (χ4n) is 2.27. The molecule has 0 aromatic carbocycles. The fraction of sp³-hybridized carbons (Fsp3) is 0.857. The molecule has 4 heteroatoms. The summed E-state index contributed by atoms with van der Waals surface area (Å²) in [7, 11) is 0. The van der Waals surface area contributed by atoms with Crippen LogP contribution in [0.1, 0.15) is 59.3 Å². The van der Waals surface area contributed by atoms with Crippen molar-refractivity contribution in [3.8, 4) is 0 Å². The van der Waals surface area contributed by atoms with Crippen molar-refractivity contribution in [2.45, 2.75) is 64.9 Å². The molecule has 1 N–H and O–H groups in total. The van der Waals surface area contributed by atoms with Crippen molar-refractivity contribution in [1.82, 2.24) is 5.32 Å². The van der Waals surface area contributed by atoms with Gasteiger partial charge in [-0.2, -0.15) is 0 Å². The predicted molar refractivity (Wildman–Crippen MR) is 70.0 cm³/mol. The molecule has 1 rings (SSSR count). The molecule has 0 unspecified atom stereocenters. The highest BCUT2D eigenvalue weighted by molar-refractivity contribution is 5.82. The zero-order valence-corrected chi connectivity index (χ0v) is 11.8. The maximum absolute atomic E-state index is 11.7. The Bertz CT molecular complexity index is 288. The third kappa shape index (κ3) is 6.62. The number of hydrogen-bond donors (Lipinski definition) is 1. The first-order valence-electron chi connectivity index (χ1n) is 6.85. The number of esters is 1. The van der Waals surface area contributed by atoms with E-state index in [1.54, 1.807) is 0 Å². The fourth-order valence-corrected chi connectivity index (χ4v) is 2.27. The van der Waals surface area contributed by atoms with Gasteiger partial charge in [0, 0.05) is 6.42 Å². The Morgan fingerprint density at radius 3 is 2.33 bits per heavy atom. The van der Waals surface area contributed by atoms with E-state index < -0.39 is 5.60 Å². The number of nitrogens with one attached hydrogen (secondary N) is 1. The number of rotatable bonds is 4. The SMILES string of the molecule is CC(C)(C)OC(=O)CNC(=O)CC1CCCCC1.